The summed E-state index contributed by atoms with van der Waals surface area (Å²) in [5.41, 5.74) is 4.98. The van der Waals surface area contributed by atoms with E-state index in [9.17, 15) is 4.79 Å². The van der Waals surface area contributed by atoms with Gasteiger partial charge in [-0.15, -0.1) is 11.3 Å². The average molecular weight is 261 g/mol. The first kappa shape index (κ1) is 11.0. The third kappa shape index (κ3) is 2.02. The third-order valence-corrected chi connectivity index (χ3v) is 3.30. The molecule has 1 unspecified atom stereocenters. The van der Waals surface area contributed by atoms with Crippen LogP contribution in [0.15, 0.2) is 38.3 Å². The normalized spacial score (nSPS) is 12.7. The van der Waals surface area contributed by atoms with Crippen molar-refractivity contribution in [2.75, 3.05) is 5.32 Å². The lowest BCUT2D eigenvalue weighted by Gasteiger charge is -2.12. The number of hydrogen-bond donors (Lipinski definition) is 2. The minimum Gasteiger partial charge on any atom is -0.408 e. The molecule has 6 heteroatoms. The van der Waals surface area contributed by atoms with Gasteiger partial charge in [-0.25, -0.2) is 9.78 Å². The Hall–Kier alpha value is -2.08. The van der Waals surface area contributed by atoms with E-state index < -0.39 is 5.76 Å². The molecule has 92 valence electrons. The molecule has 3 aromatic rings. The Kier molecular flexibility index (Phi) is 2.64. The van der Waals surface area contributed by atoms with Crippen LogP contribution in [0.5, 0.6) is 0 Å². The van der Waals surface area contributed by atoms with Crippen molar-refractivity contribution in [1.82, 2.24) is 9.97 Å². The van der Waals surface area contributed by atoms with Gasteiger partial charge in [-0.2, -0.15) is 0 Å². The molecule has 0 saturated heterocycles. The predicted octanol–water partition coefficient (Wildman–Crippen LogP) is 2.75. The summed E-state index contributed by atoms with van der Waals surface area (Å²) in [7, 11) is 0. The lowest BCUT2D eigenvalue weighted by Crippen LogP contribution is -2.06. The number of oxazole rings is 1. The van der Waals surface area contributed by atoms with Gasteiger partial charge in [0.15, 0.2) is 5.58 Å². The minimum atomic E-state index is -0.435. The number of aromatic amines is 1. The van der Waals surface area contributed by atoms with Crippen LogP contribution in [-0.2, 0) is 0 Å². The summed E-state index contributed by atoms with van der Waals surface area (Å²) in [6.45, 7) is 2.04. The van der Waals surface area contributed by atoms with Crippen molar-refractivity contribution < 1.29 is 4.42 Å². The molecule has 2 heterocycles. The van der Waals surface area contributed by atoms with Gasteiger partial charge in [0.2, 0.25) is 0 Å². The molecular weight excluding hydrogens is 250 g/mol. The highest BCUT2D eigenvalue weighted by Gasteiger charge is 2.08. The molecule has 2 aromatic heterocycles. The van der Waals surface area contributed by atoms with E-state index in [1.807, 2.05) is 29.9 Å². The maximum absolute atomic E-state index is 11.1. The molecule has 0 aliphatic carbocycles. The summed E-state index contributed by atoms with van der Waals surface area (Å²) in [6.07, 6.45) is 0. The summed E-state index contributed by atoms with van der Waals surface area (Å²) in [4.78, 5) is 17.9. The van der Waals surface area contributed by atoms with Crippen LogP contribution in [0.1, 0.15) is 18.7 Å². The SMILES string of the molecule is CC(Nc1ccc2oc(=O)[nH]c2c1)c1cscn1. The number of nitrogens with zero attached hydrogens (tertiary/aromatic N) is 1. The van der Waals surface area contributed by atoms with E-state index in [-0.39, 0.29) is 6.04 Å². The van der Waals surface area contributed by atoms with Crippen LogP contribution in [0.2, 0.25) is 0 Å². The Morgan fingerprint density at radius 2 is 2.39 bits per heavy atom. The zero-order chi connectivity index (χ0) is 12.5. The van der Waals surface area contributed by atoms with Crippen LogP contribution in [0.3, 0.4) is 0 Å². The summed E-state index contributed by atoms with van der Waals surface area (Å²) in [5, 5.41) is 5.34. The van der Waals surface area contributed by atoms with E-state index in [0.717, 1.165) is 11.4 Å². The second-order valence-corrected chi connectivity index (χ2v) is 4.72. The highest BCUT2D eigenvalue weighted by molar-refractivity contribution is 7.07. The van der Waals surface area contributed by atoms with Gasteiger partial charge < -0.3 is 9.73 Å². The van der Waals surface area contributed by atoms with E-state index in [1.165, 1.54) is 0 Å². The van der Waals surface area contributed by atoms with Crippen LogP contribution in [0.4, 0.5) is 5.69 Å². The summed E-state index contributed by atoms with van der Waals surface area (Å²) < 4.78 is 4.95. The number of hydrogen-bond acceptors (Lipinski definition) is 5. The first-order valence-electron chi connectivity index (χ1n) is 5.50. The molecule has 0 bridgehead atoms. The summed E-state index contributed by atoms with van der Waals surface area (Å²) >= 11 is 1.57. The van der Waals surface area contributed by atoms with Crippen molar-refractivity contribution in [2.45, 2.75) is 13.0 Å². The van der Waals surface area contributed by atoms with Gasteiger partial charge in [-0.05, 0) is 25.1 Å². The van der Waals surface area contributed by atoms with E-state index in [2.05, 4.69) is 15.3 Å². The number of nitrogens with one attached hydrogen (secondary N) is 2. The number of rotatable bonds is 3. The molecule has 0 radical (unpaired) electrons. The Morgan fingerprint density at radius 1 is 1.50 bits per heavy atom. The quantitative estimate of drug-likeness (QED) is 0.760. The lowest BCUT2D eigenvalue weighted by atomic mass is 10.2. The fraction of sp³-hybridized carbons (Fsp3) is 0.167. The highest BCUT2D eigenvalue weighted by Crippen LogP contribution is 2.21. The molecule has 1 aromatic carbocycles. The smallest absolute Gasteiger partial charge is 0.408 e. The molecule has 0 fully saturated rings. The van der Waals surface area contributed by atoms with Crippen molar-refractivity contribution in [3.8, 4) is 0 Å². The van der Waals surface area contributed by atoms with Gasteiger partial charge >= 0.3 is 5.76 Å². The maximum Gasteiger partial charge on any atom is 0.417 e. The second kappa shape index (κ2) is 4.30. The Balaban J connectivity index is 1.88. The maximum atomic E-state index is 11.1. The first-order valence-corrected chi connectivity index (χ1v) is 6.44. The molecular formula is C12H11N3O2S. The van der Waals surface area contributed by atoms with E-state index in [4.69, 9.17) is 4.42 Å². The fourth-order valence-electron chi connectivity index (χ4n) is 1.80. The highest BCUT2D eigenvalue weighted by atomic mass is 32.1. The Labute approximate surface area is 106 Å². The number of thiazole rings is 1. The monoisotopic (exact) mass is 261 g/mol. The van der Waals surface area contributed by atoms with Gasteiger partial charge in [-0.1, -0.05) is 0 Å². The zero-order valence-electron chi connectivity index (χ0n) is 9.64. The zero-order valence-corrected chi connectivity index (χ0v) is 10.5. The molecule has 0 aliphatic rings. The Bertz CT molecular complexity index is 714. The van der Waals surface area contributed by atoms with Crippen molar-refractivity contribution in [3.63, 3.8) is 0 Å². The number of fused-ring (bicyclic) bond motifs is 1. The number of aromatic nitrogens is 2. The summed E-state index contributed by atoms with van der Waals surface area (Å²) in [6, 6.07) is 5.61. The number of H-pyrrole nitrogens is 1. The number of benzene rings is 1. The van der Waals surface area contributed by atoms with E-state index in [0.29, 0.717) is 11.1 Å². The molecule has 0 saturated carbocycles. The van der Waals surface area contributed by atoms with Gasteiger partial charge in [0.05, 0.1) is 22.8 Å². The van der Waals surface area contributed by atoms with Crippen LogP contribution in [0, 0.1) is 0 Å². The molecule has 0 spiro atoms. The van der Waals surface area contributed by atoms with Crippen molar-refractivity contribution >= 4 is 28.1 Å². The molecule has 1 atom stereocenters. The molecule has 18 heavy (non-hydrogen) atoms. The lowest BCUT2D eigenvalue weighted by molar-refractivity contribution is 0.555. The Morgan fingerprint density at radius 3 is 3.17 bits per heavy atom. The average Bonchev–Trinajstić information content (AvgIpc) is 2.95. The second-order valence-electron chi connectivity index (χ2n) is 4.00. The third-order valence-electron chi connectivity index (χ3n) is 2.70. The molecule has 0 amide bonds. The standard InChI is InChI=1S/C12H11N3O2S/c1-7(10-5-18-6-13-10)14-8-2-3-11-9(4-8)15-12(16)17-11/h2-7,14H,1H3,(H,15,16). The van der Waals surface area contributed by atoms with Crippen LogP contribution in [-0.4, -0.2) is 9.97 Å². The van der Waals surface area contributed by atoms with Crippen LogP contribution in [0.25, 0.3) is 11.1 Å². The van der Waals surface area contributed by atoms with E-state index >= 15 is 0 Å². The van der Waals surface area contributed by atoms with Gasteiger partial charge in [0.25, 0.3) is 0 Å². The molecule has 0 aliphatic heterocycles. The first-order chi connectivity index (χ1) is 8.72. The minimum absolute atomic E-state index is 0.118. The summed E-state index contributed by atoms with van der Waals surface area (Å²) in [5.74, 6) is -0.435. The van der Waals surface area contributed by atoms with Crippen LogP contribution >= 0.6 is 11.3 Å². The fourth-order valence-corrected chi connectivity index (χ4v) is 2.45. The topological polar surface area (TPSA) is 70.9 Å². The molecule has 2 N–H and O–H groups in total. The largest absolute Gasteiger partial charge is 0.417 e. The van der Waals surface area contributed by atoms with E-state index in [1.54, 1.807) is 17.4 Å². The van der Waals surface area contributed by atoms with Crippen molar-refractivity contribution in [1.29, 1.82) is 0 Å². The van der Waals surface area contributed by atoms with Gasteiger partial charge in [0.1, 0.15) is 0 Å². The molecule has 3 rings (SSSR count). The van der Waals surface area contributed by atoms with Gasteiger partial charge in [0, 0.05) is 11.1 Å². The van der Waals surface area contributed by atoms with Crippen molar-refractivity contribution in [2.24, 2.45) is 0 Å². The number of anilines is 1. The van der Waals surface area contributed by atoms with Gasteiger partial charge in [-0.3, -0.25) is 4.98 Å². The van der Waals surface area contributed by atoms with Crippen LogP contribution < -0.4 is 11.1 Å². The van der Waals surface area contributed by atoms with Crippen molar-refractivity contribution in [3.05, 3.63) is 45.3 Å². The molecule has 5 nitrogen and oxygen atoms in total. The predicted molar refractivity (Wildman–Crippen MR) is 71.0 cm³/mol.